The van der Waals surface area contributed by atoms with E-state index in [0.717, 1.165) is 10.4 Å². The van der Waals surface area contributed by atoms with Gasteiger partial charge in [-0.25, -0.2) is 0 Å². The van der Waals surface area contributed by atoms with E-state index >= 15 is 0 Å². The summed E-state index contributed by atoms with van der Waals surface area (Å²) < 4.78 is 5.15. The Labute approximate surface area is 107 Å². The van der Waals surface area contributed by atoms with Gasteiger partial charge < -0.3 is 9.63 Å². The molecule has 3 rings (SSSR count). The zero-order chi connectivity index (χ0) is 12.4. The number of aromatic nitrogens is 3. The summed E-state index contributed by atoms with van der Waals surface area (Å²) in [6, 6.07) is 7.09. The third kappa shape index (κ3) is 2.10. The van der Waals surface area contributed by atoms with Crippen LogP contribution in [-0.2, 0) is 6.42 Å². The van der Waals surface area contributed by atoms with E-state index in [2.05, 4.69) is 15.1 Å². The molecule has 0 unspecified atom stereocenters. The molecule has 0 atom stereocenters. The third-order valence-electron chi connectivity index (χ3n) is 2.45. The number of thiazole rings is 1. The first-order valence-corrected chi connectivity index (χ1v) is 6.19. The molecular formula is C12H9N3O2S. The molecule has 18 heavy (non-hydrogen) atoms. The number of para-hydroxylation sites is 1. The molecule has 3 aromatic rings. The predicted molar refractivity (Wildman–Crippen MR) is 66.3 cm³/mol. The minimum absolute atomic E-state index is 0.232. The van der Waals surface area contributed by atoms with Crippen LogP contribution in [0, 0.1) is 0 Å². The molecule has 6 heteroatoms. The fourth-order valence-electron chi connectivity index (χ4n) is 1.58. The van der Waals surface area contributed by atoms with Gasteiger partial charge in [-0.1, -0.05) is 23.4 Å². The van der Waals surface area contributed by atoms with Gasteiger partial charge in [0.2, 0.25) is 11.7 Å². The number of benzene rings is 1. The molecule has 0 aliphatic rings. The summed E-state index contributed by atoms with van der Waals surface area (Å²) in [7, 11) is 0. The molecule has 0 bridgehead atoms. The van der Waals surface area contributed by atoms with E-state index in [1.807, 2.05) is 12.1 Å². The van der Waals surface area contributed by atoms with E-state index in [1.165, 1.54) is 11.3 Å². The summed E-state index contributed by atoms with van der Waals surface area (Å²) in [5.41, 5.74) is 2.48. The van der Waals surface area contributed by atoms with Crippen molar-refractivity contribution in [1.29, 1.82) is 0 Å². The Morgan fingerprint density at radius 1 is 1.28 bits per heavy atom. The lowest BCUT2D eigenvalue weighted by Gasteiger charge is -1.99. The van der Waals surface area contributed by atoms with Crippen molar-refractivity contribution in [3.05, 3.63) is 47.4 Å². The maximum Gasteiger partial charge on any atom is 0.231 e. The molecular weight excluding hydrogens is 250 g/mol. The smallest absolute Gasteiger partial charge is 0.231 e. The number of nitrogens with zero attached hydrogens (tertiary/aromatic N) is 3. The van der Waals surface area contributed by atoms with Crippen LogP contribution < -0.4 is 0 Å². The van der Waals surface area contributed by atoms with E-state index in [9.17, 15) is 5.11 Å². The largest absolute Gasteiger partial charge is 0.508 e. The van der Waals surface area contributed by atoms with Crippen molar-refractivity contribution in [3.63, 3.8) is 0 Å². The van der Waals surface area contributed by atoms with Crippen LogP contribution in [0.3, 0.4) is 0 Å². The number of phenols is 1. The minimum Gasteiger partial charge on any atom is -0.508 e. The monoisotopic (exact) mass is 259 g/mol. The Bertz CT molecular complexity index is 649. The highest BCUT2D eigenvalue weighted by Crippen LogP contribution is 2.22. The summed E-state index contributed by atoms with van der Waals surface area (Å²) in [5.74, 6) is 1.23. The Morgan fingerprint density at radius 3 is 2.94 bits per heavy atom. The van der Waals surface area contributed by atoms with Gasteiger partial charge in [-0.2, -0.15) is 4.98 Å². The number of rotatable bonds is 3. The number of aromatic hydroxyl groups is 1. The minimum atomic E-state index is 0.232. The van der Waals surface area contributed by atoms with Crippen molar-refractivity contribution in [2.24, 2.45) is 0 Å². The number of phenolic OH excluding ortho intramolecular Hbond substituents is 1. The molecule has 0 saturated heterocycles. The maximum absolute atomic E-state index is 9.66. The number of hydrogen-bond acceptors (Lipinski definition) is 6. The van der Waals surface area contributed by atoms with Crippen LogP contribution in [0.15, 0.2) is 40.5 Å². The lowest BCUT2D eigenvalue weighted by Crippen LogP contribution is -1.88. The molecule has 0 radical (unpaired) electrons. The Balaban J connectivity index is 1.85. The molecule has 0 aliphatic carbocycles. The SMILES string of the molecule is Oc1ccccc1Cc1nc(-c2cncs2)no1. The van der Waals surface area contributed by atoms with E-state index in [0.29, 0.717) is 18.1 Å². The van der Waals surface area contributed by atoms with Gasteiger partial charge in [-0.05, 0) is 6.07 Å². The Morgan fingerprint density at radius 2 is 2.17 bits per heavy atom. The van der Waals surface area contributed by atoms with Crippen molar-refractivity contribution in [2.75, 3.05) is 0 Å². The molecule has 1 N–H and O–H groups in total. The topological polar surface area (TPSA) is 72.0 Å². The molecule has 0 saturated carbocycles. The van der Waals surface area contributed by atoms with E-state index < -0.39 is 0 Å². The van der Waals surface area contributed by atoms with Gasteiger partial charge in [0.1, 0.15) is 5.75 Å². The first-order chi connectivity index (χ1) is 8.83. The van der Waals surface area contributed by atoms with Crippen LogP contribution in [0.1, 0.15) is 11.5 Å². The second-order valence-corrected chi connectivity index (χ2v) is 4.57. The molecule has 1 aromatic carbocycles. The Hall–Kier alpha value is -2.21. The molecule has 0 aliphatic heterocycles. The van der Waals surface area contributed by atoms with Crippen LogP contribution in [0.2, 0.25) is 0 Å². The Kier molecular flexibility index (Phi) is 2.77. The first-order valence-electron chi connectivity index (χ1n) is 5.31. The highest BCUT2D eigenvalue weighted by Gasteiger charge is 2.11. The molecule has 90 valence electrons. The van der Waals surface area contributed by atoms with Crippen LogP contribution in [0.4, 0.5) is 0 Å². The first kappa shape index (κ1) is 10.9. The standard InChI is InChI=1S/C12H9N3O2S/c16-9-4-2-1-3-8(9)5-11-14-12(15-17-11)10-6-13-7-18-10/h1-4,6-7,16H,5H2. The summed E-state index contributed by atoms with van der Waals surface area (Å²) in [6.45, 7) is 0. The van der Waals surface area contributed by atoms with Crippen molar-refractivity contribution in [3.8, 4) is 16.5 Å². The fourth-order valence-corrected chi connectivity index (χ4v) is 2.12. The van der Waals surface area contributed by atoms with Gasteiger partial charge in [-0.3, -0.25) is 4.98 Å². The maximum atomic E-state index is 9.66. The molecule has 2 heterocycles. The zero-order valence-electron chi connectivity index (χ0n) is 9.28. The second kappa shape index (κ2) is 4.58. The summed E-state index contributed by atoms with van der Waals surface area (Å²) in [6.07, 6.45) is 2.11. The molecule has 2 aromatic heterocycles. The lowest BCUT2D eigenvalue weighted by molar-refractivity contribution is 0.383. The van der Waals surface area contributed by atoms with Gasteiger partial charge in [-0.15, -0.1) is 11.3 Å². The molecule has 0 fully saturated rings. The van der Waals surface area contributed by atoms with E-state index in [-0.39, 0.29) is 5.75 Å². The van der Waals surface area contributed by atoms with E-state index in [1.54, 1.807) is 23.8 Å². The average Bonchev–Trinajstić information content (AvgIpc) is 3.02. The quantitative estimate of drug-likeness (QED) is 0.782. The summed E-state index contributed by atoms with van der Waals surface area (Å²) in [5, 5.41) is 13.6. The lowest BCUT2D eigenvalue weighted by atomic mass is 10.1. The van der Waals surface area contributed by atoms with Crippen molar-refractivity contribution >= 4 is 11.3 Å². The van der Waals surface area contributed by atoms with Gasteiger partial charge in [0.05, 0.1) is 16.8 Å². The van der Waals surface area contributed by atoms with Crippen molar-refractivity contribution in [1.82, 2.24) is 15.1 Å². The van der Waals surface area contributed by atoms with Crippen molar-refractivity contribution < 1.29 is 9.63 Å². The van der Waals surface area contributed by atoms with Gasteiger partial charge in [0.25, 0.3) is 0 Å². The van der Waals surface area contributed by atoms with Crippen molar-refractivity contribution in [2.45, 2.75) is 6.42 Å². The predicted octanol–water partition coefficient (Wildman–Crippen LogP) is 2.49. The summed E-state index contributed by atoms with van der Waals surface area (Å²) >= 11 is 1.45. The van der Waals surface area contributed by atoms with Crippen LogP contribution in [-0.4, -0.2) is 20.2 Å². The number of hydrogen-bond donors (Lipinski definition) is 1. The average molecular weight is 259 g/mol. The normalized spacial score (nSPS) is 10.7. The second-order valence-electron chi connectivity index (χ2n) is 3.68. The zero-order valence-corrected chi connectivity index (χ0v) is 10.1. The highest BCUT2D eigenvalue weighted by atomic mass is 32.1. The van der Waals surface area contributed by atoms with Gasteiger partial charge in [0, 0.05) is 11.8 Å². The molecule has 0 amide bonds. The van der Waals surface area contributed by atoms with Gasteiger partial charge in [0.15, 0.2) is 0 Å². The van der Waals surface area contributed by atoms with E-state index in [4.69, 9.17) is 4.52 Å². The summed E-state index contributed by atoms with van der Waals surface area (Å²) in [4.78, 5) is 9.10. The third-order valence-corrected chi connectivity index (χ3v) is 3.22. The van der Waals surface area contributed by atoms with Crippen LogP contribution >= 0.6 is 11.3 Å². The van der Waals surface area contributed by atoms with Gasteiger partial charge >= 0.3 is 0 Å². The molecule has 0 spiro atoms. The molecule has 5 nitrogen and oxygen atoms in total. The fraction of sp³-hybridized carbons (Fsp3) is 0.0833. The van der Waals surface area contributed by atoms with Crippen LogP contribution in [0.25, 0.3) is 10.7 Å². The van der Waals surface area contributed by atoms with Crippen LogP contribution in [0.5, 0.6) is 5.75 Å². The highest BCUT2D eigenvalue weighted by molar-refractivity contribution is 7.13.